The molecule has 0 N–H and O–H groups in total. The summed E-state index contributed by atoms with van der Waals surface area (Å²) in [6, 6.07) is 6.36. The monoisotopic (exact) mass is 296 g/mol. The number of rotatable bonds is 5. The Balaban J connectivity index is 2.44. The van der Waals surface area contributed by atoms with Crippen LogP contribution in [0.1, 0.15) is 12.7 Å². The van der Waals surface area contributed by atoms with E-state index in [1.165, 1.54) is 13.2 Å². The van der Waals surface area contributed by atoms with Crippen LogP contribution in [0.5, 0.6) is 5.75 Å². The van der Waals surface area contributed by atoms with E-state index in [9.17, 15) is 4.39 Å². The van der Waals surface area contributed by atoms with E-state index in [1.54, 1.807) is 18.2 Å². The van der Waals surface area contributed by atoms with Crippen LogP contribution in [0.3, 0.4) is 0 Å². The molecule has 0 unspecified atom stereocenters. The van der Waals surface area contributed by atoms with E-state index in [-0.39, 0.29) is 17.5 Å². The molecule has 0 aliphatic carbocycles. The molecule has 1 aromatic heterocycles. The molecule has 0 spiro atoms. The molecular formula is C14H14ClFN2O2. The van der Waals surface area contributed by atoms with Gasteiger partial charge < -0.3 is 9.47 Å². The van der Waals surface area contributed by atoms with Crippen LogP contribution in [0.2, 0.25) is 5.15 Å². The lowest BCUT2D eigenvalue weighted by molar-refractivity contribution is 0.128. The molecule has 2 aromatic rings. The highest BCUT2D eigenvalue weighted by atomic mass is 35.5. The first-order chi connectivity index (χ1) is 9.65. The molecule has 1 aromatic carbocycles. The fraction of sp³-hybridized carbons (Fsp3) is 0.286. The Morgan fingerprint density at radius 3 is 2.80 bits per heavy atom. The summed E-state index contributed by atoms with van der Waals surface area (Å²) in [5, 5.41) is 0.243. The van der Waals surface area contributed by atoms with Crippen molar-refractivity contribution in [3.8, 4) is 17.0 Å². The lowest BCUT2D eigenvalue weighted by atomic mass is 10.1. The number of aromatic nitrogens is 2. The summed E-state index contributed by atoms with van der Waals surface area (Å²) in [6.45, 7) is 2.64. The summed E-state index contributed by atoms with van der Waals surface area (Å²) in [6.07, 6.45) is 0. The zero-order valence-corrected chi connectivity index (χ0v) is 11.9. The summed E-state index contributed by atoms with van der Waals surface area (Å²) in [5.74, 6) is 0.0901. The van der Waals surface area contributed by atoms with Gasteiger partial charge in [0.05, 0.1) is 12.8 Å². The van der Waals surface area contributed by atoms with Crippen LogP contribution in [-0.4, -0.2) is 23.7 Å². The molecule has 0 bridgehead atoms. The molecule has 0 amide bonds. The van der Waals surface area contributed by atoms with Crippen molar-refractivity contribution in [2.45, 2.75) is 13.5 Å². The number of halogens is 2. The van der Waals surface area contributed by atoms with E-state index < -0.39 is 5.82 Å². The van der Waals surface area contributed by atoms with E-state index in [0.29, 0.717) is 23.7 Å². The molecule has 0 atom stereocenters. The van der Waals surface area contributed by atoms with Crippen molar-refractivity contribution in [1.82, 2.24) is 9.97 Å². The second-order valence-electron chi connectivity index (χ2n) is 3.95. The zero-order valence-electron chi connectivity index (χ0n) is 11.2. The van der Waals surface area contributed by atoms with Crippen molar-refractivity contribution in [2.75, 3.05) is 13.7 Å². The van der Waals surface area contributed by atoms with Crippen LogP contribution in [0.15, 0.2) is 24.3 Å². The molecule has 0 fully saturated rings. The standard InChI is InChI=1S/C14H14ClFN2O2/c1-3-20-8-13-17-10(7-12(15)18-13)9-5-4-6-11(19-2)14(9)16/h4-7H,3,8H2,1-2H3. The number of hydrogen-bond acceptors (Lipinski definition) is 4. The van der Waals surface area contributed by atoms with Crippen LogP contribution in [0.25, 0.3) is 11.3 Å². The zero-order chi connectivity index (χ0) is 14.5. The number of benzene rings is 1. The smallest absolute Gasteiger partial charge is 0.174 e. The fourth-order valence-corrected chi connectivity index (χ4v) is 1.93. The Morgan fingerprint density at radius 2 is 2.10 bits per heavy atom. The minimum Gasteiger partial charge on any atom is -0.494 e. The van der Waals surface area contributed by atoms with Crippen molar-refractivity contribution in [2.24, 2.45) is 0 Å². The summed E-state index contributed by atoms with van der Waals surface area (Å²) in [5.41, 5.74) is 0.711. The topological polar surface area (TPSA) is 44.2 Å². The molecule has 106 valence electrons. The largest absolute Gasteiger partial charge is 0.494 e. The van der Waals surface area contributed by atoms with Gasteiger partial charge >= 0.3 is 0 Å². The van der Waals surface area contributed by atoms with Crippen molar-refractivity contribution < 1.29 is 13.9 Å². The van der Waals surface area contributed by atoms with Crippen molar-refractivity contribution in [1.29, 1.82) is 0 Å². The van der Waals surface area contributed by atoms with Gasteiger partial charge in [-0.2, -0.15) is 0 Å². The van der Waals surface area contributed by atoms with Gasteiger partial charge in [0.1, 0.15) is 11.8 Å². The lowest BCUT2D eigenvalue weighted by Crippen LogP contribution is -2.01. The van der Waals surface area contributed by atoms with Gasteiger partial charge in [-0.3, -0.25) is 0 Å². The summed E-state index contributed by atoms with van der Waals surface area (Å²) >= 11 is 5.94. The molecule has 0 saturated carbocycles. The SMILES string of the molecule is CCOCc1nc(Cl)cc(-c2cccc(OC)c2F)n1. The third-order valence-electron chi connectivity index (χ3n) is 2.64. The van der Waals surface area contributed by atoms with Gasteiger partial charge in [-0.05, 0) is 19.1 Å². The average Bonchev–Trinajstić information content (AvgIpc) is 2.44. The fourth-order valence-electron chi connectivity index (χ4n) is 1.73. The highest BCUT2D eigenvalue weighted by molar-refractivity contribution is 6.29. The Hall–Kier alpha value is -1.72. The van der Waals surface area contributed by atoms with Crippen LogP contribution >= 0.6 is 11.6 Å². The maximum Gasteiger partial charge on any atom is 0.174 e. The van der Waals surface area contributed by atoms with Crippen LogP contribution < -0.4 is 4.74 Å². The molecule has 4 nitrogen and oxygen atoms in total. The summed E-state index contributed by atoms with van der Waals surface area (Å²) < 4.78 is 24.4. The van der Waals surface area contributed by atoms with Crippen molar-refractivity contribution in [3.63, 3.8) is 0 Å². The Labute approximate surface area is 121 Å². The predicted octanol–water partition coefficient (Wildman–Crippen LogP) is 3.48. The molecule has 1 heterocycles. The van der Waals surface area contributed by atoms with E-state index in [1.807, 2.05) is 6.92 Å². The Bertz CT molecular complexity index is 608. The first-order valence-corrected chi connectivity index (χ1v) is 6.47. The summed E-state index contributed by atoms with van der Waals surface area (Å²) in [4.78, 5) is 8.31. The minimum absolute atomic E-state index is 0.156. The quantitative estimate of drug-likeness (QED) is 0.792. The number of ether oxygens (including phenoxy) is 2. The molecule has 0 saturated heterocycles. The lowest BCUT2D eigenvalue weighted by Gasteiger charge is -2.08. The van der Waals surface area contributed by atoms with Crippen LogP contribution in [-0.2, 0) is 11.3 Å². The van der Waals surface area contributed by atoms with Crippen LogP contribution in [0.4, 0.5) is 4.39 Å². The molecule has 6 heteroatoms. The number of methoxy groups -OCH3 is 1. The van der Waals surface area contributed by atoms with Crippen molar-refractivity contribution in [3.05, 3.63) is 41.1 Å². The molecule has 2 rings (SSSR count). The van der Waals surface area contributed by atoms with Gasteiger partial charge in [-0.15, -0.1) is 0 Å². The van der Waals surface area contributed by atoms with Gasteiger partial charge in [-0.25, -0.2) is 14.4 Å². The normalized spacial score (nSPS) is 10.6. The van der Waals surface area contributed by atoms with E-state index in [0.717, 1.165) is 0 Å². The number of hydrogen-bond donors (Lipinski definition) is 0. The maximum atomic E-state index is 14.2. The molecule has 0 aliphatic rings. The van der Waals surface area contributed by atoms with Gasteiger partial charge in [0.25, 0.3) is 0 Å². The molecule has 0 aliphatic heterocycles. The molecule has 20 heavy (non-hydrogen) atoms. The van der Waals surface area contributed by atoms with Gasteiger partial charge in [-0.1, -0.05) is 17.7 Å². The highest BCUT2D eigenvalue weighted by Gasteiger charge is 2.13. The number of nitrogens with zero attached hydrogens (tertiary/aromatic N) is 2. The third-order valence-corrected chi connectivity index (χ3v) is 2.83. The molecular weight excluding hydrogens is 283 g/mol. The third kappa shape index (κ3) is 3.23. The van der Waals surface area contributed by atoms with Crippen molar-refractivity contribution >= 4 is 11.6 Å². The second-order valence-corrected chi connectivity index (χ2v) is 4.34. The maximum absolute atomic E-state index is 14.2. The van der Waals surface area contributed by atoms with E-state index in [2.05, 4.69) is 9.97 Å². The highest BCUT2D eigenvalue weighted by Crippen LogP contribution is 2.28. The van der Waals surface area contributed by atoms with Gasteiger partial charge in [0.15, 0.2) is 17.4 Å². The van der Waals surface area contributed by atoms with Crippen LogP contribution in [0, 0.1) is 5.82 Å². The van der Waals surface area contributed by atoms with E-state index in [4.69, 9.17) is 21.1 Å². The Kier molecular flexibility index (Phi) is 4.87. The first-order valence-electron chi connectivity index (χ1n) is 6.09. The van der Waals surface area contributed by atoms with E-state index >= 15 is 0 Å². The second kappa shape index (κ2) is 6.63. The first kappa shape index (κ1) is 14.7. The summed E-state index contributed by atoms with van der Waals surface area (Å²) in [7, 11) is 1.41. The minimum atomic E-state index is -0.480. The predicted molar refractivity (Wildman–Crippen MR) is 74.3 cm³/mol. The van der Waals surface area contributed by atoms with Gasteiger partial charge in [0, 0.05) is 18.2 Å². The molecule has 0 radical (unpaired) electrons. The average molecular weight is 297 g/mol. The Morgan fingerprint density at radius 1 is 1.30 bits per heavy atom. The van der Waals surface area contributed by atoms with Gasteiger partial charge in [0.2, 0.25) is 0 Å².